The first-order chi connectivity index (χ1) is 10.3. The van der Waals surface area contributed by atoms with Gasteiger partial charge in [0.05, 0.1) is 25.5 Å². The van der Waals surface area contributed by atoms with Crippen LogP contribution in [0.3, 0.4) is 0 Å². The Morgan fingerprint density at radius 3 is 2.14 bits per heavy atom. The normalized spacial score (nSPS) is 11.3. The number of methoxy groups -OCH3 is 2. The Morgan fingerprint density at radius 1 is 1.09 bits per heavy atom. The summed E-state index contributed by atoms with van der Waals surface area (Å²) in [5.41, 5.74) is 0. The van der Waals surface area contributed by atoms with Gasteiger partial charge in [-0.2, -0.15) is 4.31 Å². The smallest absolute Gasteiger partial charge is 0.321 e. The van der Waals surface area contributed by atoms with Gasteiger partial charge < -0.3 is 9.47 Å². The number of sulfonamides is 1. The van der Waals surface area contributed by atoms with Gasteiger partial charge in [-0.15, -0.1) is 0 Å². The van der Waals surface area contributed by atoms with Crippen molar-refractivity contribution < 1.29 is 27.5 Å². The van der Waals surface area contributed by atoms with E-state index in [1.807, 2.05) is 0 Å². The van der Waals surface area contributed by atoms with Gasteiger partial charge in [0.15, 0.2) is 0 Å². The van der Waals surface area contributed by atoms with Gasteiger partial charge in [0, 0.05) is 11.6 Å². The van der Waals surface area contributed by atoms with Crippen LogP contribution in [0.5, 0.6) is 0 Å². The zero-order valence-corrected chi connectivity index (χ0v) is 13.7. The molecule has 9 heteroatoms. The lowest BCUT2D eigenvalue weighted by atomic mass is 10.4. The fraction of sp³-hybridized carbons (Fsp3) is 0.385. The van der Waals surface area contributed by atoms with E-state index in [1.165, 1.54) is 31.4 Å². The molecule has 22 heavy (non-hydrogen) atoms. The van der Waals surface area contributed by atoms with Gasteiger partial charge in [-0.1, -0.05) is 11.6 Å². The van der Waals surface area contributed by atoms with Crippen LogP contribution in [-0.2, 0) is 29.1 Å². The third-order valence-corrected chi connectivity index (χ3v) is 4.89. The van der Waals surface area contributed by atoms with Gasteiger partial charge in [0.25, 0.3) is 0 Å². The molecule has 0 unspecified atom stereocenters. The number of hydrogen-bond acceptors (Lipinski definition) is 6. The number of halogens is 1. The Morgan fingerprint density at radius 2 is 1.64 bits per heavy atom. The number of esters is 2. The lowest BCUT2D eigenvalue weighted by molar-refractivity contribution is -0.143. The Bertz CT molecular complexity index is 628. The van der Waals surface area contributed by atoms with E-state index >= 15 is 0 Å². The number of nitrogens with zero attached hydrogens (tertiary/aromatic N) is 1. The standard InChI is InChI=1S/C13H16ClNO6S/c1-20-12(16)7-8-15(9-13(17)21-2)22(18,19)11-5-3-10(14)4-6-11/h3-6H,7-9H2,1-2H3. The van der Waals surface area contributed by atoms with E-state index in [4.69, 9.17) is 11.6 Å². The number of rotatable bonds is 7. The van der Waals surface area contributed by atoms with Gasteiger partial charge in [-0.25, -0.2) is 8.42 Å². The quantitative estimate of drug-likeness (QED) is 0.684. The van der Waals surface area contributed by atoms with Crippen molar-refractivity contribution in [3.8, 4) is 0 Å². The average Bonchev–Trinajstić information content (AvgIpc) is 2.50. The van der Waals surface area contributed by atoms with Crippen molar-refractivity contribution in [3.63, 3.8) is 0 Å². The minimum Gasteiger partial charge on any atom is -0.469 e. The lowest BCUT2D eigenvalue weighted by Gasteiger charge is -2.20. The molecule has 0 aliphatic carbocycles. The topological polar surface area (TPSA) is 90.0 Å². The zero-order valence-electron chi connectivity index (χ0n) is 12.1. The molecular weight excluding hydrogens is 334 g/mol. The monoisotopic (exact) mass is 349 g/mol. The first-order valence-electron chi connectivity index (χ1n) is 6.20. The molecule has 0 aliphatic rings. The first kappa shape index (κ1) is 18.4. The summed E-state index contributed by atoms with van der Waals surface area (Å²) >= 11 is 5.73. The van der Waals surface area contributed by atoms with Crippen molar-refractivity contribution in [3.05, 3.63) is 29.3 Å². The maximum absolute atomic E-state index is 12.5. The number of carbonyl (C=O) groups excluding carboxylic acids is 2. The van der Waals surface area contributed by atoms with Gasteiger partial charge in [0.1, 0.15) is 6.54 Å². The third kappa shape index (κ3) is 4.97. The van der Waals surface area contributed by atoms with Gasteiger partial charge in [-0.3, -0.25) is 9.59 Å². The third-order valence-electron chi connectivity index (χ3n) is 2.78. The predicted molar refractivity (Wildman–Crippen MR) is 78.9 cm³/mol. The molecule has 0 atom stereocenters. The van der Waals surface area contributed by atoms with Crippen LogP contribution >= 0.6 is 11.6 Å². The molecule has 0 aliphatic heterocycles. The maximum Gasteiger partial charge on any atom is 0.321 e. The van der Waals surface area contributed by atoms with Crippen LogP contribution in [0.15, 0.2) is 29.2 Å². The van der Waals surface area contributed by atoms with Gasteiger partial charge in [0.2, 0.25) is 10.0 Å². The van der Waals surface area contributed by atoms with Gasteiger partial charge >= 0.3 is 11.9 Å². The molecule has 0 radical (unpaired) electrons. The molecule has 0 fully saturated rings. The predicted octanol–water partition coefficient (Wildman–Crippen LogP) is 1.07. The highest BCUT2D eigenvalue weighted by Gasteiger charge is 2.27. The molecule has 0 heterocycles. The van der Waals surface area contributed by atoms with Crippen LogP contribution in [0.4, 0.5) is 0 Å². The molecule has 1 rings (SSSR count). The molecule has 7 nitrogen and oxygen atoms in total. The number of hydrogen-bond donors (Lipinski definition) is 0. The molecule has 0 saturated carbocycles. The summed E-state index contributed by atoms with van der Waals surface area (Å²) in [6, 6.07) is 5.48. The second-order valence-corrected chi connectivity index (χ2v) is 6.57. The average molecular weight is 350 g/mol. The molecule has 0 saturated heterocycles. The Labute approximate surface area is 133 Å². The van der Waals surface area contributed by atoms with Crippen molar-refractivity contribution in [2.24, 2.45) is 0 Å². The largest absolute Gasteiger partial charge is 0.469 e. The molecule has 1 aromatic rings. The van der Waals surface area contributed by atoms with Crippen LogP contribution in [0, 0.1) is 0 Å². The van der Waals surface area contributed by atoms with Crippen molar-refractivity contribution >= 4 is 33.6 Å². The van der Waals surface area contributed by atoms with Crippen molar-refractivity contribution in [2.75, 3.05) is 27.3 Å². The highest BCUT2D eigenvalue weighted by atomic mass is 35.5. The van der Waals surface area contributed by atoms with Crippen LogP contribution in [0.2, 0.25) is 5.02 Å². The molecule has 0 spiro atoms. The summed E-state index contributed by atoms with van der Waals surface area (Å²) in [5, 5.41) is 0.382. The van der Waals surface area contributed by atoms with E-state index < -0.39 is 28.5 Å². The fourth-order valence-corrected chi connectivity index (χ4v) is 3.08. The Hall–Kier alpha value is -1.64. The van der Waals surface area contributed by atoms with Crippen LogP contribution in [-0.4, -0.2) is 52.0 Å². The summed E-state index contributed by atoms with van der Waals surface area (Å²) in [7, 11) is -1.62. The van der Waals surface area contributed by atoms with Gasteiger partial charge in [-0.05, 0) is 24.3 Å². The fourth-order valence-electron chi connectivity index (χ4n) is 1.57. The second kappa shape index (κ2) is 8.11. The van der Waals surface area contributed by atoms with E-state index in [-0.39, 0.29) is 17.9 Å². The highest BCUT2D eigenvalue weighted by Crippen LogP contribution is 2.19. The Balaban J connectivity index is 3.03. The van der Waals surface area contributed by atoms with Crippen LogP contribution in [0.25, 0.3) is 0 Å². The van der Waals surface area contributed by atoms with E-state index in [9.17, 15) is 18.0 Å². The summed E-state index contributed by atoms with van der Waals surface area (Å²) in [4.78, 5) is 22.6. The van der Waals surface area contributed by atoms with Crippen molar-refractivity contribution in [1.82, 2.24) is 4.31 Å². The maximum atomic E-state index is 12.5. The SMILES string of the molecule is COC(=O)CCN(CC(=O)OC)S(=O)(=O)c1ccc(Cl)cc1. The minimum absolute atomic E-state index is 0.0364. The van der Waals surface area contributed by atoms with Crippen LogP contribution in [0.1, 0.15) is 6.42 Å². The Kier molecular flexibility index (Phi) is 6.79. The molecule has 0 aromatic heterocycles. The number of ether oxygens (including phenoxy) is 2. The zero-order chi connectivity index (χ0) is 16.8. The first-order valence-corrected chi connectivity index (χ1v) is 8.02. The lowest BCUT2D eigenvalue weighted by Crippen LogP contribution is -2.37. The van der Waals surface area contributed by atoms with E-state index in [0.29, 0.717) is 5.02 Å². The number of benzene rings is 1. The summed E-state index contributed by atoms with van der Waals surface area (Å²) in [5.74, 6) is -1.32. The number of carbonyl (C=O) groups is 2. The molecule has 0 amide bonds. The summed E-state index contributed by atoms with van der Waals surface area (Å²) in [6.07, 6.45) is -0.180. The highest BCUT2D eigenvalue weighted by molar-refractivity contribution is 7.89. The minimum atomic E-state index is -3.96. The van der Waals surface area contributed by atoms with Crippen molar-refractivity contribution in [1.29, 1.82) is 0 Å². The molecule has 1 aromatic carbocycles. The van der Waals surface area contributed by atoms with Crippen molar-refractivity contribution in [2.45, 2.75) is 11.3 Å². The molecule has 0 N–H and O–H groups in total. The molecular formula is C13H16ClNO6S. The molecule has 0 bridgehead atoms. The van der Waals surface area contributed by atoms with Crippen LogP contribution < -0.4 is 0 Å². The van der Waals surface area contributed by atoms with E-state index in [2.05, 4.69) is 9.47 Å². The molecule has 122 valence electrons. The van der Waals surface area contributed by atoms with E-state index in [0.717, 1.165) is 11.4 Å². The van der Waals surface area contributed by atoms with E-state index in [1.54, 1.807) is 0 Å². The summed E-state index contributed by atoms with van der Waals surface area (Å²) < 4.78 is 34.9. The summed E-state index contributed by atoms with van der Waals surface area (Å²) in [6.45, 7) is -0.703. The second-order valence-electron chi connectivity index (χ2n) is 4.19.